The fourth-order valence-corrected chi connectivity index (χ4v) is 4.49. The van der Waals surface area contributed by atoms with Crippen molar-refractivity contribution in [1.29, 1.82) is 5.26 Å². The van der Waals surface area contributed by atoms with E-state index in [0.717, 1.165) is 15.1 Å². The van der Waals surface area contributed by atoms with E-state index in [4.69, 9.17) is 0 Å². The van der Waals surface area contributed by atoms with Crippen LogP contribution in [0.25, 0.3) is 0 Å². The van der Waals surface area contributed by atoms with Gasteiger partial charge >= 0.3 is 6.18 Å². The number of fused-ring (bicyclic) bond motifs is 1. The van der Waals surface area contributed by atoms with E-state index in [9.17, 15) is 23.2 Å². The van der Waals surface area contributed by atoms with Crippen molar-refractivity contribution in [2.75, 3.05) is 5.32 Å². The molecule has 2 aromatic rings. The van der Waals surface area contributed by atoms with Gasteiger partial charge < -0.3 is 5.32 Å². The predicted molar refractivity (Wildman–Crippen MR) is 91.0 cm³/mol. The van der Waals surface area contributed by atoms with Gasteiger partial charge in [0.15, 0.2) is 5.69 Å². The molecule has 2 heterocycles. The zero-order valence-corrected chi connectivity index (χ0v) is 15.1. The molecule has 0 aliphatic heterocycles. The maximum absolute atomic E-state index is 13.1. The van der Waals surface area contributed by atoms with Gasteiger partial charge in [-0.05, 0) is 38.2 Å². The van der Waals surface area contributed by atoms with Crippen molar-refractivity contribution in [3.63, 3.8) is 0 Å². The molecule has 0 radical (unpaired) electrons. The molecule has 1 amide bonds. The highest BCUT2D eigenvalue weighted by Gasteiger charge is 2.40. The Bertz CT molecular complexity index is 905. The van der Waals surface area contributed by atoms with Gasteiger partial charge in [-0.1, -0.05) is 6.92 Å². The van der Waals surface area contributed by atoms with Crippen LogP contribution in [0, 0.1) is 18.3 Å². The van der Waals surface area contributed by atoms with E-state index in [0.29, 0.717) is 41.9 Å². The number of carbonyl (C=O) groups excluding carboxylic acids is 1. The van der Waals surface area contributed by atoms with Crippen LogP contribution in [0.15, 0.2) is 0 Å². The number of aromatic nitrogens is 2. The molecule has 1 aliphatic rings. The van der Waals surface area contributed by atoms with E-state index in [-0.39, 0.29) is 12.1 Å². The summed E-state index contributed by atoms with van der Waals surface area (Å²) < 4.78 is 40.5. The zero-order valence-electron chi connectivity index (χ0n) is 14.3. The van der Waals surface area contributed by atoms with Crippen LogP contribution < -0.4 is 5.32 Å². The first-order valence-corrected chi connectivity index (χ1v) is 9.05. The Morgan fingerprint density at radius 2 is 2.15 bits per heavy atom. The Labute approximate surface area is 152 Å². The van der Waals surface area contributed by atoms with Crippen molar-refractivity contribution < 1.29 is 18.0 Å². The van der Waals surface area contributed by atoms with Crippen LogP contribution in [-0.2, 0) is 36.8 Å². The number of nitrogens with one attached hydrogen (secondary N) is 1. The lowest BCUT2D eigenvalue weighted by Crippen LogP contribution is -2.21. The number of rotatable bonds is 4. The lowest BCUT2D eigenvalue weighted by molar-refractivity contribution is -0.142. The molecule has 138 valence electrons. The van der Waals surface area contributed by atoms with Crippen molar-refractivity contribution in [3.05, 3.63) is 33.0 Å². The summed E-state index contributed by atoms with van der Waals surface area (Å²) >= 11 is 1.30. The number of nitrogens with zero attached hydrogens (tertiary/aromatic N) is 3. The third kappa shape index (κ3) is 3.21. The molecule has 0 bridgehead atoms. The lowest BCUT2D eigenvalue weighted by atomic mass is 10.1. The molecule has 9 heteroatoms. The smallest absolute Gasteiger partial charge is 0.315 e. The minimum atomic E-state index is -4.52. The number of aryl methyl sites for hydroxylation is 1. The fraction of sp³-hybridized carbons (Fsp3) is 0.471. The van der Waals surface area contributed by atoms with Gasteiger partial charge in [-0.2, -0.15) is 23.5 Å². The van der Waals surface area contributed by atoms with E-state index in [1.54, 1.807) is 0 Å². The minimum Gasteiger partial charge on any atom is -0.315 e. The van der Waals surface area contributed by atoms with Crippen LogP contribution in [0.3, 0.4) is 0 Å². The van der Waals surface area contributed by atoms with Gasteiger partial charge in [0.1, 0.15) is 17.6 Å². The fourth-order valence-electron chi connectivity index (χ4n) is 3.38. The molecule has 0 spiro atoms. The number of amides is 1. The standard InChI is InChI=1S/C17H17F3N4OS/c1-3-10-9(2)26-16(12(10)7-21)22-14(25)8-24-13-6-4-5-11(13)15(23-24)17(18,19)20/h3-6,8H2,1-2H3,(H,22,25). The summed E-state index contributed by atoms with van der Waals surface area (Å²) in [6.45, 7) is 3.49. The van der Waals surface area contributed by atoms with Crippen molar-refractivity contribution in [3.8, 4) is 6.07 Å². The average Bonchev–Trinajstić information content (AvgIpc) is 3.21. The molecular weight excluding hydrogens is 365 g/mol. The molecule has 0 atom stereocenters. The zero-order chi connectivity index (χ0) is 19.1. The topological polar surface area (TPSA) is 70.7 Å². The largest absolute Gasteiger partial charge is 0.435 e. The van der Waals surface area contributed by atoms with Gasteiger partial charge in [0, 0.05) is 16.1 Å². The molecular formula is C17H17F3N4OS. The second-order valence-corrected chi connectivity index (χ2v) is 7.36. The van der Waals surface area contributed by atoms with Gasteiger partial charge in [-0.3, -0.25) is 9.48 Å². The van der Waals surface area contributed by atoms with Gasteiger partial charge in [0.2, 0.25) is 5.91 Å². The summed E-state index contributed by atoms with van der Waals surface area (Å²) in [6.07, 6.45) is -2.42. The van der Waals surface area contributed by atoms with Crippen LogP contribution >= 0.6 is 11.3 Å². The Kier molecular flexibility index (Phi) is 4.80. The number of anilines is 1. The molecule has 1 N–H and O–H groups in total. The number of hydrogen-bond acceptors (Lipinski definition) is 4. The van der Waals surface area contributed by atoms with Crippen LogP contribution in [0.1, 0.15) is 46.3 Å². The summed E-state index contributed by atoms with van der Waals surface area (Å²) in [5.41, 5.74) is 1.08. The maximum Gasteiger partial charge on any atom is 0.435 e. The molecule has 0 aromatic carbocycles. The quantitative estimate of drug-likeness (QED) is 0.874. The van der Waals surface area contributed by atoms with Crippen molar-refractivity contribution in [2.24, 2.45) is 0 Å². The summed E-state index contributed by atoms with van der Waals surface area (Å²) in [7, 11) is 0. The van der Waals surface area contributed by atoms with Crippen molar-refractivity contribution in [1.82, 2.24) is 9.78 Å². The second-order valence-electron chi connectivity index (χ2n) is 6.14. The summed E-state index contributed by atoms with van der Waals surface area (Å²) in [4.78, 5) is 13.3. The number of nitriles is 1. The molecule has 0 unspecified atom stereocenters. The molecule has 0 saturated carbocycles. The van der Waals surface area contributed by atoms with Gasteiger partial charge in [-0.25, -0.2) is 0 Å². The Balaban J connectivity index is 1.83. The average molecular weight is 382 g/mol. The third-order valence-electron chi connectivity index (χ3n) is 4.50. The number of hydrogen-bond donors (Lipinski definition) is 1. The number of halogens is 3. The van der Waals surface area contributed by atoms with Gasteiger partial charge in [0.05, 0.1) is 5.56 Å². The molecule has 0 fully saturated rings. The normalized spacial score (nSPS) is 13.5. The van der Waals surface area contributed by atoms with Gasteiger partial charge in [-0.15, -0.1) is 11.3 Å². The highest BCUT2D eigenvalue weighted by Crippen LogP contribution is 2.37. The van der Waals surface area contributed by atoms with Crippen molar-refractivity contribution in [2.45, 2.75) is 52.3 Å². The van der Waals surface area contributed by atoms with Crippen LogP contribution in [0.5, 0.6) is 0 Å². The first kappa shape index (κ1) is 18.5. The van der Waals surface area contributed by atoms with Crippen LogP contribution in [0.2, 0.25) is 0 Å². The van der Waals surface area contributed by atoms with E-state index >= 15 is 0 Å². The lowest BCUT2D eigenvalue weighted by Gasteiger charge is -2.07. The van der Waals surface area contributed by atoms with Gasteiger partial charge in [0.25, 0.3) is 0 Å². The highest BCUT2D eigenvalue weighted by atomic mass is 32.1. The van der Waals surface area contributed by atoms with E-state index in [1.165, 1.54) is 11.3 Å². The Hall–Kier alpha value is -2.34. The molecule has 1 aliphatic carbocycles. The first-order chi connectivity index (χ1) is 12.3. The van der Waals surface area contributed by atoms with Crippen molar-refractivity contribution >= 4 is 22.2 Å². The molecule has 5 nitrogen and oxygen atoms in total. The third-order valence-corrected chi connectivity index (χ3v) is 5.56. The number of carbonyl (C=O) groups is 1. The summed E-state index contributed by atoms with van der Waals surface area (Å²) in [5.74, 6) is -0.490. The van der Waals surface area contributed by atoms with E-state index < -0.39 is 17.8 Å². The van der Waals surface area contributed by atoms with E-state index in [2.05, 4.69) is 16.5 Å². The second kappa shape index (κ2) is 6.76. The summed E-state index contributed by atoms with van der Waals surface area (Å²) in [6, 6.07) is 2.10. The summed E-state index contributed by atoms with van der Waals surface area (Å²) in [5, 5.41) is 16.1. The van der Waals surface area contributed by atoms with Crippen LogP contribution in [0.4, 0.5) is 18.2 Å². The SMILES string of the molecule is CCc1c(C)sc(NC(=O)Cn2nc(C(F)(F)F)c3c2CCC3)c1C#N. The molecule has 2 aromatic heterocycles. The van der Waals surface area contributed by atoms with E-state index in [1.807, 2.05) is 13.8 Å². The molecule has 3 rings (SSSR count). The first-order valence-electron chi connectivity index (χ1n) is 8.24. The Morgan fingerprint density at radius 3 is 2.77 bits per heavy atom. The Morgan fingerprint density at radius 1 is 1.42 bits per heavy atom. The molecule has 26 heavy (non-hydrogen) atoms. The number of alkyl halides is 3. The van der Waals surface area contributed by atoms with Crippen LogP contribution in [-0.4, -0.2) is 15.7 Å². The highest BCUT2D eigenvalue weighted by molar-refractivity contribution is 7.16. The minimum absolute atomic E-state index is 0.197. The molecule has 0 saturated heterocycles. The number of thiophene rings is 1. The monoisotopic (exact) mass is 382 g/mol. The maximum atomic E-state index is 13.1. The predicted octanol–water partition coefficient (Wildman–Crippen LogP) is 3.83.